The van der Waals surface area contributed by atoms with Crippen molar-refractivity contribution in [3.8, 4) is 0 Å². The van der Waals surface area contributed by atoms with E-state index in [-0.39, 0.29) is 29.2 Å². The first-order valence-corrected chi connectivity index (χ1v) is 14.7. The molecule has 2 aromatic rings. The second-order valence-electron chi connectivity index (χ2n) is 10.3. The minimum absolute atomic E-state index is 0.0223. The Hall–Kier alpha value is -2.96. The Kier molecular flexibility index (Phi) is 10.7. The number of benzene rings is 2. The molecule has 0 heterocycles. The number of carbonyl (C=O) groups excluding carboxylic acids is 2. The second-order valence-corrected chi connectivity index (χ2v) is 12.0. The van der Waals surface area contributed by atoms with Gasteiger partial charge in [-0.3, -0.25) is 9.59 Å². The first-order valence-electron chi connectivity index (χ1n) is 13.2. The highest BCUT2D eigenvalue weighted by Crippen LogP contribution is 2.30. The quantitative estimate of drug-likeness (QED) is 0.342. The number of ether oxygens (including phenoxy) is 1. The van der Waals surface area contributed by atoms with Gasteiger partial charge >= 0.3 is 12.1 Å². The van der Waals surface area contributed by atoms with Crippen molar-refractivity contribution in [2.24, 2.45) is 11.8 Å². The third-order valence-corrected chi connectivity index (χ3v) is 8.59. The molecule has 2 aromatic carbocycles. The maximum Gasteiger partial charge on any atom is 0.416 e. The van der Waals surface area contributed by atoms with Crippen molar-refractivity contribution in [2.45, 2.75) is 68.7 Å². The van der Waals surface area contributed by atoms with Gasteiger partial charge in [0.05, 0.1) is 16.5 Å². The van der Waals surface area contributed by atoms with Crippen molar-refractivity contribution >= 4 is 21.9 Å². The van der Waals surface area contributed by atoms with Gasteiger partial charge in [0.15, 0.2) is 0 Å². The summed E-state index contributed by atoms with van der Waals surface area (Å²) in [5.74, 6) is -0.972. The Balaban J connectivity index is 1.58. The summed E-state index contributed by atoms with van der Waals surface area (Å²) in [5, 5.41) is 5.92. The number of alkyl halides is 3. The fraction of sp³-hybridized carbons (Fsp3) is 0.500. The first kappa shape index (κ1) is 31.6. The topological polar surface area (TPSA) is 114 Å². The zero-order valence-electron chi connectivity index (χ0n) is 22.7. The molecule has 0 unspecified atom stereocenters. The van der Waals surface area contributed by atoms with Crippen LogP contribution < -0.4 is 15.4 Å². The van der Waals surface area contributed by atoms with Gasteiger partial charge in [0.2, 0.25) is 15.9 Å². The van der Waals surface area contributed by atoms with E-state index >= 15 is 0 Å². The van der Waals surface area contributed by atoms with E-state index < -0.39 is 45.9 Å². The molecule has 1 saturated carbocycles. The highest BCUT2D eigenvalue weighted by atomic mass is 32.2. The second kappa shape index (κ2) is 13.6. The molecule has 1 amide bonds. The molecule has 0 aromatic heterocycles. The molecule has 1 aliphatic rings. The van der Waals surface area contributed by atoms with Gasteiger partial charge in [-0.1, -0.05) is 44.2 Å². The van der Waals surface area contributed by atoms with E-state index in [4.69, 9.17) is 4.74 Å². The van der Waals surface area contributed by atoms with Crippen molar-refractivity contribution in [3.05, 3.63) is 65.7 Å². The lowest BCUT2D eigenvalue weighted by atomic mass is 9.85. The first-order chi connectivity index (χ1) is 18.8. The minimum Gasteiger partial charge on any atom is -0.462 e. The predicted octanol–water partition coefficient (Wildman–Crippen LogP) is 4.19. The number of likely N-dealkylation sites (N-methyl/N-ethyl adjacent to an activating group) is 1. The largest absolute Gasteiger partial charge is 0.462 e. The van der Waals surface area contributed by atoms with Crippen molar-refractivity contribution < 1.29 is 35.9 Å². The van der Waals surface area contributed by atoms with Crippen molar-refractivity contribution in [1.82, 2.24) is 15.4 Å². The van der Waals surface area contributed by atoms with Gasteiger partial charge in [0, 0.05) is 12.0 Å². The van der Waals surface area contributed by atoms with Crippen LogP contribution in [0.1, 0.15) is 56.7 Å². The highest BCUT2D eigenvalue weighted by Gasteiger charge is 2.33. The maximum absolute atomic E-state index is 13.2. The van der Waals surface area contributed by atoms with Gasteiger partial charge in [-0.2, -0.15) is 13.2 Å². The third-order valence-electron chi connectivity index (χ3n) is 7.05. The summed E-state index contributed by atoms with van der Waals surface area (Å²) < 4.78 is 71.9. The van der Waals surface area contributed by atoms with E-state index in [0.717, 1.165) is 29.8 Å². The number of nitrogens with one attached hydrogen (secondary N) is 3. The molecule has 2 atom stereocenters. The van der Waals surface area contributed by atoms with Crippen LogP contribution in [0.4, 0.5) is 13.2 Å². The van der Waals surface area contributed by atoms with Gasteiger partial charge in [-0.15, -0.1) is 0 Å². The molecule has 8 nitrogen and oxygen atoms in total. The lowest BCUT2D eigenvalue weighted by Crippen LogP contribution is -2.43. The predicted molar refractivity (Wildman–Crippen MR) is 143 cm³/mol. The minimum atomic E-state index is -4.56. The van der Waals surface area contributed by atoms with Gasteiger partial charge in [0.25, 0.3) is 0 Å². The molecule has 12 heteroatoms. The Labute approximate surface area is 233 Å². The molecule has 0 aliphatic heterocycles. The number of carbonyl (C=O) groups is 2. The van der Waals surface area contributed by atoms with E-state index in [2.05, 4.69) is 15.4 Å². The number of hydrogen-bond acceptors (Lipinski definition) is 6. The molecule has 0 saturated heterocycles. The average molecular weight is 584 g/mol. The zero-order chi connectivity index (χ0) is 29.5. The van der Waals surface area contributed by atoms with Gasteiger partial charge in [0.1, 0.15) is 12.6 Å². The molecule has 1 fully saturated rings. The number of hydrogen-bond donors (Lipinski definition) is 3. The standard InChI is InChI=1S/C28H36F3N3O5S/c1-18(2)25(32-3)27(36)39-17-24(19-7-5-4-6-8-19)33-26(35)20-9-13-22(14-10-20)34-40(37,38)23-15-11-21(12-16-23)28(29,30)31/h4-8,11-12,15-16,18,20,22,24-25,32,34H,9-10,13-14,17H2,1-3H3,(H,33,35)/t20?,22?,24-,25+/m1/s1. The zero-order valence-corrected chi connectivity index (χ0v) is 23.5. The summed E-state index contributed by atoms with van der Waals surface area (Å²) in [5.41, 5.74) is -0.143. The number of amides is 1. The lowest BCUT2D eigenvalue weighted by Gasteiger charge is -2.30. The molecule has 40 heavy (non-hydrogen) atoms. The smallest absolute Gasteiger partial charge is 0.416 e. The van der Waals surface area contributed by atoms with Crippen molar-refractivity contribution in [1.29, 1.82) is 0 Å². The summed E-state index contributed by atoms with van der Waals surface area (Å²) in [7, 11) is -2.33. The van der Waals surface area contributed by atoms with Crippen LogP contribution in [-0.4, -0.2) is 46.0 Å². The molecule has 1 aliphatic carbocycles. The molecule has 0 radical (unpaired) electrons. The van der Waals surface area contributed by atoms with E-state index in [1.165, 1.54) is 0 Å². The fourth-order valence-electron chi connectivity index (χ4n) is 4.76. The monoisotopic (exact) mass is 583 g/mol. The number of halogens is 3. The van der Waals surface area contributed by atoms with Gasteiger partial charge < -0.3 is 15.4 Å². The van der Waals surface area contributed by atoms with Crippen LogP contribution in [0.25, 0.3) is 0 Å². The molecule has 0 bridgehead atoms. The number of rotatable bonds is 11. The van der Waals surface area contributed by atoms with Crippen molar-refractivity contribution in [2.75, 3.05) is 13.7 Å². The van der Waals surface area contributed by atoms with Gasteiger partial charge in [-0.25, -0.2) is 13.1 Å². The maximum atomic E-state index is 13.2. The molecule has 220 valence electrons. The number of esters is 1. The Morgan fingerprint density at radius 3 is 2.10 bits per heavy atom. The van der Waals surface area contributed by atoms with Crippen LogP contribution in [0, 0.1) is 11.8 Å². The van der Waals surface area contributed by atoms with Crippen LogP contribution >= 0.6 is 0 Å². The van der Waals surface area contributed by atoms with Crippen LogP contribution in [0.2, 0.25) is 0 Å². The van der Waals surface area contributed by atoms with E-state index in [9.17, 15) is 31.2 Å². The lowest BCUT2D eigenvalue weighted by molar-refractivity contribution is -0.148. The summed E-state index contributed by atoms with van der Waals surface area (Å²) in [4.78, 5) is 25.5. The van der Waals surface area contributed by atoms with Crippen molar-refractivity contribution in [3.63, 3.8) is 0 Å². The number of sulfonamides is 1. The molecular weight excluding hydrogens is 547 g/mol. The Morgan fingerprint density at radius 2 is 1.57 bits per heavy atom. The van der Waals surface area contributed by atoms with E-state index in [1.54, 1.807) is 7.05 Å². The SMILES string of the molecule is CN[C@H](C(=O)OC[C@@H](NC(=O)C1CCC(NS(=O)(=O)c2ccc(C(F)(F)F)cc2)CC1)c1ccccc1)C(C)C. The third kappa shape index (κ3) is 8.52. The van der Waals surface area contributed by atoms with Crippen LogP contribution in [0.3, 0.4) is 0 Å². The van der Waals surface area contributed by atoms with E-state index in [1.807, 2.05) is 44.2 Å². The summed E-state index contributed by atoms with van der Waals surface area (Å²) in [6.07, 6.45) is -2.94. The van der Waals surface area contributed by atoms with Crippen LogP contribution in [0.15, 0.2) is 59.5 Å². The molecule has 3 N–H and O–H groups in total. The van der Waals surface area contributed by atoms with Crippen LogP contribution in [0.5, 0.6) is 0 Å². The molecule has 0 spiro atoms. The normalized spacial score (nSPS) is 19.6. The highest BCUT2D eigenvalue weighted by molar-refractivity contribution is 7.89. The Bertz CT molecular complexity index is 1230. The fourth-order valence-corrected chi connectivity index (χ4v) is 6.06. The molecular formula is C28H36F3N3O5S. The summed E-state index contributed by atoms with van der Waals surface area (Å²) in [6.45, 7) is 3.76. The molecule has 3 rings (SSSR count). The van der Waals surface area contributed by atoms with E-state index in [0.29, 0.717) is 25.7 Å². The average Bonchev–Trinajstić information content (AvgIpc) is 2.91. The van der Waals surface area contributed by atoms with Gasteiger partial charge in [-0.05, 0) is 68.5 Å². The Morgan fingerprint density at radius 1 is 0.975 bits per heavy atom. The summed E-state index contributed by atoms with van der Waals surface area (Å²) in [6, 6.07) is 11.0. The van der Waals surface area contributed by atoms with Crippen LogP contribution in [-0.2, 0) is 30.5 Å². The summed E-state index contributed by atoms with van der Waals surface area (Å²) >= 11 is 0.